The summed E-state index contributed by atoms with van der Waals surface area (Å²) in [5.41, 5.74) is 2.17. The molecule has 0 radical (unpaired) electrons. The number of piperazine rings is 1. The van der Waals surface area contributed by atoms with Crippen molar-refractivity contribution in [3.8, 4) is 0 Å². The first-order valence-corrected chi connectivity index (χ1v) is 9.01. The van der Waals surface area contributed by atoms with E-state index in [4.69, 9.17) is 0 Å². The van der Waals surface area contributed by atoms with Gasteiger partial charge in [0, 0.05) is 44.5 Å². The molecule has 1 fully saturated rings. The molecule has 1 saturated heterocycles. The average molecular weight is 355 g/mol. The lowest BCUT2D eigenvalue weighted by atomic mass is 10.1. The van der Waals surface area contributed by atoms with Crippen molar-refractivity contribution in [2.45, 2.75) is 26.4 Å². The van der Waals surface area contributed by atoms with Gasteiger partial charge in [0.15, 0.2) is 0 Å². The number of rotatable bonds is 6. The topological polar surface area (TPSA) is 70.5 Å². The van der Waals surface area contributed by atoms with Gasteiger partial charge in [0.25, 0.3) is 0 Å². The first-order chi connectivity index (χ1) is 12.7. The molecule has 3 amide bonds. The number of carbonyl (C=O) groups excluding carboxylic acids is 2. The highest BCUT2D eigenvalue weighted by Gasteiger charge is 2.26. The highest BCUT2D eigenvalue weighted by Crippen LogP contribution is 2.07. The number of aromatic nitrogens is 2. The monoisotopic (exact) mass is 355 g/mol. The first-order valence-electron chi connectivity index (χ1n) is 9.01. The van der Waals surface area contributed by atoms with E-state index in [1.807, 2.05) is 40.9 Å². The molecule has 0 unspecified atom stereocenters. The van der Waals surface area contributed by atoms with Crippen LogP contribution in [0.4, 0.5) is 4.79 Å². The molecule has 1 aromatic carbocycles. The van der Waals surface area contributed by atoms with Crippen LogP contribution in [0.5, 0.6) is 0 Å². The van der Waals surface area contributed by atoms with Crippen molar-refractivity contribution < 1.29 is 9.59 Å². The molecule has 0 spiro atoms. The third kappa shape index (κ3) is 4.62. The van der Waals surface area contributed by atoms with Gasteiger partial charge in [-0.15, -0.1) is 0 Å². The summed E-state index contributed by atoms with van der Waals surface area (Å²) in [4.78, 5) is 28.0. The molecule has 7 heteroatoms. The van der Waals surface area contributed by atoms with E-state index in [1.54, 1.807) is 11.1 Å². The molecule has 2 aromatic rings. The molecule has 0 bridgehead atoms. The average Bonchev–Trinajstić information content (AvgIpc) is 3.14. The van der Waals surface area contributed by atoms with Gasteiger partial charge in [-0.25, -0.2) is 4.79 Å². The number of amides is 3. The molecule has 2 heterocycles. The number of hydrogen-bond acceptors (Lipinski definition) is 3. The van der Waals surface area contributed by atoms with Gasteiger partial charge in [-0.3, -0.25) is 9.48 Å². The standard InChI is InChI=1S/C19H25N5O2/c1-2-24-14-17(13-21-24)12-20-19(26)23-11-10-22(18(25)15-23)9-8-16-6-4-3-5-7-16/h3-7,13-14H,2,8-12,15H2,1H3,(H,20,26). The minimum atomic E-state index is -0.203. The van der Waals surface area contributed by atoms with Gasteiger partial charge in [0.05, 0.1) is 6.20 Å². The zero-order chi connectivity index (χ0) is 18.4. The minimum absolute atomic E-state index is 0.00105. The van der Waals surface area contributed by atoms with E-state index in [-0.39, 0.29) is 18.5 Å². The quantitative estimate of drug-likeness (QED) is 0.854. The lowest BCUT2D eigenvalue weighted by Gasteiger charge is -2.34. The van der Waals surface area contributed by atoms with Gasteiger partial charge in [-0.05, 0) is 18.9 Å². The summed E-state index contributed by atoms with van der Waals surface area (Å²) in [5.74, 6) is 0.00105. The second-order valence-electron chi connectivity index (χ2n) is 6.40. The number of aryl methyl sites for hydroxylation is 1. The van der Waals surface area contributed by atoms with Crippen molar-refractivity contribution in [3.63, 3.8) is 0 Å². The summed E-state index contributed by atoms with van der Waals surface area (Å²) in [5, 5.41) is 7.05. The van der Waals surface area contributed by atoms with E-state index in [9.17, 15) is 9.59 Å². The zero-order valence-electron chi connectivity index (χ0n) is 15.1. The Labute approximate surface area is 153 Å². The summed E-state index contributed by atoms with van der Waals surface area (Å²) in [6, 6.07) is 9.92. The van der Waals surface area contributed by atoms with Gasteiger partial charge in [0.1, 0.15) is 6.54 Å². The number of urea groups is 1. The summed E-state index contributed by atoms with van der Waals surface area (Å²) in [6.07, 6.45) is 4.49. The third-order valence-electron chi connectivity index (χ3n) is 4.57. The highest BCUT2D eigenvalue weighted by atomic mass is 16.2. The molecule has 3 rings (SSSR count). The number of carbonyl (C=O) groups is 2. The maximum Gasteiger partial charge on any atom is 0.318 e. The smallest absolute Gasteiger partial charge is 0.318 e. The van der Waals surface area contributed by atoms with E-state index < -0.39 is 0 Å². The zero-order valence-corrected chi connectivity index (χ0v) is 15.1. The molecule has 26 heavy (non-hydrogen) atoms. The molecule has 1 aliphatic heterocycles. The van der Waals surface area contributed by atoms with E-state index >= 15 is 0 Å². The van der Waals surface area contributed by atoms with Crippen molar-refractivity contribution in [2.75, 3.05) is 26.2 Å². The molecular formula is C19H25N5O2. The van der Waals surface area contributed by atoms with Gasteiger partial charge in [-0.1, -0.05) is 30.3 Å². The van der Waals surface area contributed by atoms with E-state index in [2.05, 4.69) is 22.5 Å². The van der Waals surface area contributed by atoms with E-state index in [0.717, 1.165) is 18.5 Å². The van der Waals surface area contributed by atoms with Crippen LogP contribution < -0.4 is 5.32 Å². The van der Waals surface area contributed by atoms with Crippen LogP contribution in [-0.2, 0) is 24.3 Å². The number of nitrogens with zero attached hydrogens (tertiary/aromatic N) is 4. The fraction of sp³-hybridized carbons (Fsp3) is 0.421. The summed E-state index contributed by atoms with van der Waals surface area (Å²) in [6.45, 7) is 5.18. The molecule has 138 valence electrons. The fourth-order valence-corrected chi connectivity index (χ4v) is 2.99. The van der Waals surface area contributed by atoms with Crippen molar-refractivity contribution in [3.05, 3.63) is 53.9 Å². The largest absolute Gasteiger partial charge is 0.339 e. The summed E-state index contributed by atoms with van der Waals surface area (Å²) < 4.78 is 1.82. The third-order valence-corrected chi connectivity index (χ3v) is 4.57. The number of benzene rings is 1. The van der Waals surface area contributed by atoms with Crippen LogP contribution in [0.3, 0.4) is 0 Å². The lowest BCUT2D eigenvalue weighted by Crippen LogP contribution is -2.54. The van der Waals surface area contributed by atoms with Crippen LogP contribution >= 0.6 is 0 Å². The summed E-state index contributed by atoms with van der Waals surface area (Å²) >= 11 is 0. The molecule has 1 aromatic heterocycles. The predicted molar refractivity (Wildman–Crippen MR) is 98.4 cm³/mol. The highest BCUT2D eigenvalue weighted by molar-refractivity contribution is 5.85. The maximum atomic E-state index is 12.3. The second kappa shape index (κ2) is 8.51. The van der Waals surface area contributed by atoms with E-state index in [1.165, 1.54) is 5.56 Å². The molecule has 1 aliphatic rings. The first kappa shape index (κ1) is 18.0. The van der Waals surface area contributed by atoms with Crippen LogP contribution in [0.1, 0.15) is 18.1 Å². The van der Waals surface area contributed by atoms with Crippen LogP contribution in [-0.4, -0.2) is 57.7 Å². The predicted octanol–water partition coefficient (Wildman–Crippen LogP) is 1.50. The molecule has 7 nitrogen and oxygen atoms in total. The van der Waals surface area contributed by atoms with Crippen molar-refractivity contribution in [1.82, 2.24) is 24.9 Å². The number of hydrogen-bond donors (Lipinski definition) is 1. The van der Waals surface area contributed by atoms with Gasteiger partial charge >= 0.3 is 6.03 Å². The van der Waals surface area contributed by atoms with Crippen molar-refractivity contribution in [2.24, 2.45) is 0 Å². The second-order valence-corrected chi connectivity index (χ2v) is 6.40. The van der Waals surface area contributed by atoms with Gasteiger partial charge in [-0.2, -0.15) is 5.10 Å². The molecule has 1 N–H and O–H groups in total. The Morgan fingerprint density at radius 3 is 2.69 bits per heavy atom. The number of nitrogens with one attached hydrogen (secondary N) is 1. The molecule has 0 aliphatic carbocycles. The Balaban J connectivity index is 1.43. The van der Waals surface area contributed by atoms with Crippen molar-refractivity contribution >= 4 is 11.9 Å². The Hall–Kier alpha value is -2.83. The molecule has 0 atom stereocenters. The minimum Gasteiger partial charge on any atom is -0.339 e. The fourth-order valence-electron chi connectivity index (χ4n) is 2.99. The summed E-state index contributed by atoms with van der Waals surface area (Å²) in [7, 11) is 0. The van der Waals surface area contributed by atoms with Crippen molar-refractivity contribution in [1.29, 1.82) is 0 Å². The maximum absolute atomic E-state index is 12.3. The van der Waals surface area contributed by atoms with Gasteiger partial charge < -0.3 is 15.1 Å². The van der Waals surface area contributed by atoms with Crippen LogP contribution in [0.25, 0.3) is 0 Å². The van der Waals surface area contributed by atoms with Crippen LogP contribution in [0.15, 0.2) is 42.7 Å². The van der Waals surface area contributed by atoms with Crippen LogP contribution in [0, 0.1) is 0 Å². The Kier molecular flexibility index (Phi) is 5.88. The Bertz CT molecular complexity index is 743. The Morgan fingerprint density at radius 1 is 1.19 bits per heavy atom. The molecule has 0 saturated carbocycles. The van der Waals surface area contributed by atoms with Gasteiger partial charge in [0.2, 0.25) is 5.91 Å². The Morgan fingerprint density at radius 2 is 2.00 bits per heavy atom. The molecular weight excluding hydrogens is 330 g/mol. The SMILES string of the molecule is CCn1cc(CNC(=O)N2CCN(CCc3ccccc3)C(=O)C2)cn1. The lowest BCUT2D eigenvalue weighted by molar-refractivity contribution is -0.134. The van der Waals surface area contributed by atoms with E-state index in [0.29, 0.717) is 26.2 Å². The normalized spacial score (nSPS) is 14.6. The van der Waals surface area contributed by atoms with Crippen LogP contribution in [0.2, 0.25) is 0 Å².